The van der Waals surface area contributed by atoms with Gasteiger partial charge in [-0.1, -0.05) is 6.07 Å². The van der Waals surface area contributed by atoms with E-state index >= 15 is 0 Å². The normalized spacial score (nSPS) is 10.7. The minimum Gasteiger partial charge on any atom is -0.399 e. The number of benzene rings is 2. The molecule has 0 heterocycles. The van der Waals surface area contributed by atoms with Gasteiger partial charge in [-0.15, -0.1) is 5.11 Å². The summed E-state index contributed by atoms with van der Waals surface area (Å²) in [5, 5.41) is 29.3. The van der Waals surface area contributed by atoms with Crippen LogP contribution in [0.2, 0.25) is 0 Å². The van der Waals surface area contributed by atoms with Gasteiger partial charge in [-0.05, 0) is 30.3 Å². The minimum atomic E-state index is -0.852. The number of rotatable bonds is 4. The number of nitro groups is 2. The van der Waals surface area contributed by atoms with Crippen molar-refractivity contribution < 1.29 is 9.85 Å². The quantitative estimate of drug-likeness (QED) is 0.397. The number of nitrogen functional groups attached to an aromatic ring is 1. The summed E-state index contributed by atoms with van der Waals surface area (Å²) >= 11 is 0. The number of nitrogens with two attached hydrogens (primary N) is 1. The van der Waals surface area contributed by atoms with Gasteiger partial charge in [0.15, 0.2) is 5.69 Å². The second kappa shape index (κ2) is 5.74. The lowest BCUT2D eigenvalue weighted by Gasteiger charge is -1.98. The lowest BCUT2D eigenvalue weighted by atomic mass is 10.2. The van der Waals surface area contributed by atoms with Gasteiger partial charge in [-0.2, -0.15) is 5.11 Å². The maximum atomic E-state index is 11.0. The Labute approximate surface area is 118 Å². The van der Waals surface area contributed by atoms with E-state index in [1.54, 1.807) is 24.3 Å². The first-order chi connectivity index (χ1) is 9.99. The second-order valence-corrected chi connectivity index (χ2v) is 3.95. The summed E-state index contributed by atoms with van der Waals surface area (Å²) in [6.45, 7) is 0. The lowest BCUT2D eigenvalue weighted by Crippen LogP contribution is -1.96. The van der Waals surface area contributed by atoms with Crippen LogP contribution in [0, 0.1) is 20.2 Å². The Bertz CT molecular complexity index is 727. The number of azo groups is 1. The molecule has 2 rings (SSSR count). The fourth-order valence-electron chi connectivity index (χ4n) is 1.59. The van der Waals surface area contributed by atoms with E-state index in [1.807, 2.05) is 0 Å². The smallest absolute Gasteiger partial charge is 0.373 e. The molecule has 0 aliphatic heterocycles. The van der Waals surface area contributed by atoms with Crippen LogP contribution >= 0.6 is 0 Å². The van der Waals surface area contributed by atoms with Crippen LogP contribution in [0.15, 0.2) is 52.7 Å². The number of para-hydroxylation sites is 1. The first-order valence-electron chi connectivity index (χ1n) is 5.68. The fourth-order valence-corrected chi connectivity index (χ4v) is 1.59. The number of hydrogen-bond acceptors (Lipinski definition) is 7. The van der Waals surface area contributed by atoms with Crippen molar-refractivity contribution in [2.75, 3.05) is 5.73 Å². The molecule has 0 fully saturated rings. The van der Waals surface area contributed by atoms with Crippen LogP contribution in [-0.2, 0) is 0 Å². The first-order valence-corrected chi connectivity index (χ1v) is 5.68. The van der Waals surface area contributed by atoms with Crippen molar-refractivity contribution in [2.24, 2.45) is 10.2 Å². The third kappa shape index (κ3) is 3.15. The van der Waals surface area contributed by atoms with Gasteiger partial charge in [-0.25, -0.2) is 0 Å². The van der Waals surface area contributed by atoms with E-state index < -0.39 is 21.2 Å². The Morgan fingerprint density at radius 2 is 1.57 bits per heavy atom. The molecule has 21 heavy (non-hydrogen) atoms. The minimum absolute atomic E-state index is 0.189. The molecule has 2 aromatic rings. The average Bonchev–Trinajstić information content (AvgIpc) is 2.46. The van der Waals surface area contributed by atoms with Gasteiger partial charge in [0.1, 0.15) is 0 Å². The van der Waals surface area contributed by atoms with Crippen molar-refractivity contribution in [3.63, 3.8) is 0 Å². The number of anilines is 1. The number of nitro benzene ring substituents is 2. The molecule has 0 aliphatic rings. The van der Waals surface area contributed by atoms with E-state index in [2.05, 4.69) is 10.2 Å². The summed E-state index contributed by atoms with van der Waals surface area (Å²) in [6.07, 6.45) is 0. The molecule has 9 heteroatoms. The number of hydrogen-bond donors (Lipinski definition) is 1. The standard InChI is InChI=1S/C12H9N5O4/c13-8-4-6-9(7-5-8)14-15-10-2-1-3-11(16(18)19)12(10)17(20)21/h1-7H,13H2. The van der Waals surface area contributed by atoms with Crippen LogP contribution in [0.3, 0.4) is 0 Å². The molecule has 2 N–H and O–H groups in total. The van der Waals surface area contributed by atoms with Gasteiger partial charge in [0.25, 0.3) is 0 Å². The van der Waals surface area contributed by atoms with E-state index in [4.69, 9.17) is 5.73 Å². The maximum Gasteiger partial charge on any atom is 0.373 e. The van der Waals surface area contributed by atoms with E-state index in [1.165, 1.54) is 12.1 Å². The van der Waals surface area contributed by atoms with Gasteiger partial charge in [0.2, 0.25) is 0 Å². The van der Waals surface area contributed by atoms with Crippen molar-refractivity contribution in [3.8, 4) is 0 Å². The molecule has 0 amide bonds. The van der Waals surface area contributed by atoms with Gasteiger partial charge >= 0.3 is 11.4 Å². The summed E-state index contributed by atoms with van der Waals surface area (Å²) < 4.78 is 0. The summed E-state index contributed by atoms with van der Waals surface area (Å²) in [5.74, 6) is 0. The molecule has 0 saturated heterocycles. The molecule has 0 unspecified atom stereocenters. The Balaban J connectivity index is 2.44. The van der Waals surface area contributed by atoms with E-state index in [9.17, 15) is 20.2 Å². The average molecular weight is 287 g/mol. The van der Waals surface area contributed by atoms with Crippen LogP contribution in [0.25, 0.3) is 0 Å². The first kappa shape index (κ1) is 14.1. The van der Waals surface area contributed by atoms with Crippen molar-refractivity contribution in [1.82, 2.24) is 0 Å². The van der Waals surface area contributed by atoms with Crippen LogP contribution in [-0.4, -0.2) is 9.85 Å². The van der Waals surface area contributed by atoms with Gasteiger partial charge < -0.3 is 5.73 Å². The van der Waals surface area contributed by atoms with E-state index in [0.717, 1.165) is 6.07 Å². The number of nitrogens with zero attached hydrogens (tertiary/aromatic N) is 4. The van der Waals surface area contributed by atoms with E-state index in [0.29, 0.717) is 11.4 Å². The highest BCUT2D eigenvalue weighted by Gasteiger charge is 2.28. The molecule has 0 bridgehead atoms. The van der Waals surface area contributed by atoms with Crippen molar-refractivity contribution >= 4 is 28.4 Å². The monoisotopic (exact) mass is 287 g/mol. The molecule has 0 aromatic heterocycles. The predicted octanol–water partition coefficient (Wildman–Crippen LogP) is 3.50. The molecule has 0 atom stereocenters. The van der Waals surface area contributed by atoms with E-state index in [-0.39, 0.29) is 5.69 Å². The highest BCUT2D eigenvalue weighted by Crippen LogP contribution is 2.36. The second-order valence-electron chi connectivity index (χ2n) is 3.95. The Kier molecular flexibility index (Phi) is 3.84. The zero-order chi connectivity index (χ0) is 15.4. The highest BCUT2D eigenvalue weighted by molar-refractivity contribution is 5.68. The summed E-state index contributed by atoms with van der Waals surface area (Å²) in [5.41, 5.74) is 4.96. The van der Waals surface area contributed by atoms with Crippen molar-refractivity contribution in [1.29, 1.82) is 0 Å². The zero-order valence-electron chi connectivity index (χ0n) is 10.5. The highest BCUT2D eigenvalue weighted by atomic mass is 16.6. The van der Waals surface area contributed by atoms with Crippen LogP contribution in [0.1, 0.15) is 0 Å². The predicted molar refractivity (Wildman–Crippen MR) is 74.8 cm³/mol. The van der Waals surface area contributed by atoms with Gasteiger partial charge in [0, 0.05) is 11.8 Å². The summed E-state index contributed by atoms with van der Waals surface area (Å²) in [7, 11) is 0. The van der Waals surface area contributed by atoms with Crippen LogP contribution in [0.5, 0.6) is 0 Å². The van der Waals surface area contributed by atoms with Gasteiger partial charge in [0.05, 0.1) is 15.5 Å². The molecule has 0 spiro atoms. The summed E-state index contributed by atoms with van der Waals surface area (Å²) in [6, 6.07) is 9.96. The van der Waals surface area contributed by atoms with Crippen LogP contribution in [0.4, 0.5) is 28.4 Å². The van der Waals surface area contributed by atoms with Crippen molar-refractivity contribution in [3.05, 3.63) is 62.7 Å². The summed E-state index contributed by atoms with van der Waals surface area (Å²) in [4.78, 5) is 20.1. The largest absolute Gasteiger partial charge is 0.399 e. The lowest BCUT2D eigenvalue weighted by molar-refractivity contribution is -0.421. The molecule has 106 valence electrons. The third-order valence-corrected chi connectivity index (χ3v) is 2.54. The van der Waals surface area contributed by atoms with Crippen molar-refractivity contribution in [2.45, 2.75) is 0 Å². The molecule has 9 nitrogen and oxygen atoms in total. The SMILES string of the molecule is Nc1ccc(N=Nc2cccc([N+](=O)[O-])c2[N+](=O)[O-])cc1. The third-order valence-electron chi connectivity index (χ3n) is 2.54. The molecule has 0 aliphatic carbocycles. The Morgan fingerprint density at radius 3 is 2.14 bits per heavy atom. The molecule has 2 aromatic carbocycles. The maximum absolute atomic E-state index is 11.0. The Morgan fingerprint density at radius 1 is 0.905 bits per heavy atom. The Hall–Kier alpha value is -3.36. The van der Waals surface area contributed by atoms with Crippen LogP contribution < -0.4 is 5.73 Å². The fraction of sp³-hybridized carbons (Fsp3) is 0. The topological polar surface area (TPSA) is 137 Å². The zero-order valence-corrected chi connectivity index (χ0v) is 10.5. The van der Waals surface area contributed by atoms with Gasteiger partial charge in [-0.3, -0.25) is 20.2 Å². The molecule has 0 saturated carbocycles. The molecule has 0 radical (unpaired) electrons. The molecular weight excluding hydrogens is 278 g/mol. The molecular formula is C12H9N5O4.